The molecule has 1 heterocycles. The highest BCUT2D eigenvalue weighted by Crippen LogP contribution is 2.15. The van der Waals surface area contributed by atoms with Gasteiger partial charge in [-0.1, -0.05) is 35.9 Å². The molecule has 0 atom stereocenters. The molecule has 3 rings (SSSR count). The van der Waals surface area contributed by atoms with E-state index in [4.69, 9.17) is 11.6 Å². The van der Waals surface area contributed by atoms with E-state index in [1.54, 1.807) is 42.6 Å². The molecule has 1 aromatic heterocycles. The lowest BCUT2D eigenvalue weighted by Gasteiger charge is -2.09. The molecule has 0 spiro atoms. The number of aromatic nitrogens is 1. The predicted octanol–water partition coefficient (Wildman–Crippen LogP) is 4.80. The van der Waals surface area contributed by atoms with Crippen molar-refractivity contribution in [1.82, 2.24) is 4.98 Å². The minimum Gasteiger partial charge on any atom is -0.366 e. The molecule has 3 aromatic rings. The smallest absolute Gasteiger partial charge is 0.255 e. The first-order valence-electron chi connectivity index (χ1n) is 8.38. The summed E-state index contributed by atoms with van der Waals surface area (Å²) in [5.74, 6) is 0.270. The molecule has 0 saturated heterocycles. The fraction of sp³-hybridized carbons (Fsp3) is 0.0952. The van der Waals surface area contributed by atoms with Crippen molar-refractivity contribution in [3.8, 4) is 0 Å². The van der Waals surface area contributed by atoms with Crippen LogP contribution in [0.2, 0.25) is 5.02 Å². The van der Waals surface area contributed by atoms with E-state index in [0.717, 1.165) is 5.56 Å². The summed E-state index contributed by atoms with van der Waals surface area (Å²) in [5, 5.41) is 6.67. The molecule has 5 nitrogen and oxygen atoms in total. The van der Waals surface area contributed by atoms with Gasteiger partial charge in [0.15, 0.2) is 5.78 Å². The Kier molecular flexibility index (Phi) is 5.84. The minimum absolute atomic E-state index is 0.0521. The Morgan fingerprint density at radius 2 is 1.78 bits per heavy atom. The van der Waals surface area contributed by atoms with Crippen molar-refractivity contribution < 1.29 is 9.59 Å². The van der Waals surface area contributed by atoms with Crippen molar-refractivity contribution in [2.24, 2.45) is 0 Å². The average molecular weight is 380 g/mol. The van der Waals surface area contributed by atoms with E-state index >= 15 is 0 Å². The Morgan fingerprint density at radius 3 is 2.52 bits per heavy atom. The first-order valence-corrected chi connectivity index (χ1v) is 8.76. The molecular formula is C21H18ClN3O2. The van der Waals surface area contributed by atoms with Gasteiger partial charge in [0.25, 0.3) is 5.91 Å². The van der Waals surface area contributed by atoms with Crippen LogP contribution in [0.25, 0.3) is 0 Å². The van der Waals surface area contributed by atoms with Crippen LogP contribution in [0.5, 0.6) is 0 Å². The number of hydrogen-bond acceptors (Lipinski definition) is 4. The molecule has 0 saturated carbocycles. The maximum Gasteiger partial charge on any atom is 0.255 e. The molecule has 0 unspecified atom stereocenters. The van der Waals surface area contributed by atoms with E-state index in [0.29, 0.717) is 34.2 Å². The Hall–Kier alpha value is -3.18. The maximum atomic E-state index is 12.5. The van der Waals surface area contributed by atoms with Gasteiger partial charge in [-0.05, 0) is 48.9 Å². The molecule has 1 amide bonds. The second kappa shape index (κ2) is 8.47. The third-order valence-corrected chi connectivity index (χ3v) is 4.19. The van der Waals surface area contributed by atoms with Crippen LogP contribution in [0.15, 0.2) is 66.9 Å². The second-order valence-electron chi connectivity index (χ2n) is 6.00. The number of nitrogens with zero attached hydrogens (tertiary/aromatic N) is 1. The van der Waals surface area contributed by atoms with Gasteiger partial charge in [-0.15, -0.1) is 0 Å². The molecule has 136 valence electrons. The fourth-order valence-electron chi connectivity index (χ4n) is 2.48. The first-order chi connectivity index (χ1) is 13.0. The van der Waals surface area contributed by atoms with Gasteiger partial charge in [0.1, 0.15) is 5.82 Å². The third kappa shape index (κ3) is 5.15. The topological polar surface area (TPSA) is 71.1 Å². The number of carbonyl (C=O) groups is 2. The summed E-state index contributed by atoms with van der Waals surface area (Å²) >= 11 is 5.88. The van der Waals surface area contributed by atoms with Crippen LogP contribution >= 0.6 is 11.6 Å². The van der Waals surface area contributed by atoms with Gasteiger partial charge in [-0.2, -0.15) is 0 Å². The highest BCUT2D eigenvalue weighted by atomic mass is 35.5. The number of Topliss-reactive ketones (excluding diaryl/α,β-unsaturated/α-hetero) is 1. The SMILES string of the molecule is CC(=O)c1cccc(NC(=O)c2ccnc(NCc3ccc(Cl)cc3)c2)c1. The lowest BCUT2D eigenvalue weighted by atomic mass is 10.1. The van der Waals surface area contributed by atoms with Crippen LogP contribution in [0.1, 0.15) is 33.2 Å². The second-order valence-corrected chi connectivity index (χ2v) is 6.44. The lowest BCUT2D eigenvalue weighted by molar-refractivity contribution is 0.101. The summed E-state index contributed by atoms with van der Waals surface area (Å²) in [7, 11) is 0. The van der Waals surface area contributed by atoms with Crippen LogP contribution in [-0.4, -0.2) is 16.7 Å². The van der Waals surface area contributed by atoms with Crippen LogP contribution in [0, 0.1) is 0 Å². The quantitative estimate of drug-likeness (QED) is 0.603. The van der Waals surface area contributed by atoms with E-state index < -0.39 is 0 Å². The van der Waals surface area contributed by atoms with Crippen LogP contribution < -0.4 is 10.6 Å². The zero-order valence-corrected chi connectivity index (χ0v) is 15.5. The fourth-order valence-corrected chi connectivity index (χ4v) is 2.61. The summed E-state index contributed by atoms with van der Waals surface area (Å²) < 4.78 is 0. The largest absolute Gasteiger partial charge is 0.366 e. The van der Waals surface area contributed by atoms with E-state index in [2.05, 4.69) is 15.6 Å². The molecule has 0 bridgehead atoms. The van der Waals surface area contributed by atoms with Crippen molar-refractivity contribution in [1.29, 1.82) is 0 Å². The van der Waals surface area contributed by atoms with Crippen LogP contribution in [0.4, 0.5) is 11.5 Å². The van der Waals surface area contributed by atoms with E-state index in [-0.39, 0.29) is 11.7 Å². The molecule has 0 aliphatic rings. The van der Waals surface area contributed by atoms with E-state index in [9.17, 15) is 9.59 Å². The van der Waals surface area contributed by atoms with Gasteiger partial charge >= 0.3 is 0 Å². The van der Waals surface area contributed by atoms with Gasteiger partial charge < -0.3 is 10.6 Å². The Bertz CT molecular complexity index is 971. The molecule has 2 N–H and O–H groups in total. The molecule has 0 radical (unpaired) electrons. The number of nitrogens with one attached hydrogen (secondary N) is 2. The van der Waals surface area contributed by atoms with Gasteiger partial charge in [0.2, 0.25) is 0 Å². The molecular weight excluding hydrogens is 362 g/mol. The molecule has 27 heavy (non-hydrogen) atoms. The summed E-state index contributed by atoms with van der Waals surface area (Å²) in [6, 6.07) is 17.7. The number of halogens is 1. The summed E-state index contributed by atoms with van der Waals surface area (Å²) in [4.78, 5) is 28.2. The summed E-state index contributed by atoms with van der Waals surface area (Å²) in [5.41, 5.74) is 2.64. The molecule has 0 aliphatic carbocycles. The van der Waals surface area contributed by atoms with Gasteiger partial charge in [-0.3, -0.25) is 9.59 Å². The van der Waals surface area contributed by atoms with Crippen molar-refractivity contribution in [2.45, 2.75) is 13.5 Å². The number of hydrogen-bond donors (Lipinski definition) is 2. The maximum absolute atomic E-state index is 12.5. The average Bonchev–Trinajstić information content (AvgIpc) is 2.68. The molecule has 0 fully saturated rings. The molecule has 6 heteroatoms. The van der Waals surface area contributed by atoms with Gasteiger partial charge in [0, 0.05) is 34.6 Å². The van der Waals surface area contributed by atoms with Crippen LogP contribution in [-0.2, 0) is 6.54 Å². The van der Waals surface area contributed by atoms with Gasteiger partial charge in [-0.25, -0.2) is 4.98 Å². The first kappa shape index (κ1) is 18.6. The third-order valence-electron chi connectivity index (χ3n) is 3.94. The molecule has 2 aromatic carbocycles. The highest BCUT2D eigenvalue weighted by molar-refractivity contribution is 6.30. The number of anilines is 2. The Morgan fingerprint density at radius 1 is 1.00 bits per heavy atom. The minimum atomic E-state index is -0.271. The Balaban J connectivity index is 1.67. The zero-order chi connectivity index (χ0) is 19.2. The zero-order valence-electron chi connectivity index (χ0n) is 14.7. The van der Waals surface area contributed by atoms with Gasteiger partial charge in [0.05, 0.1) is 0 Å². The number of carbonyl (C=O) groups excluding carboxylic acids is 2. The normalized spacial score (nSPS) is 10.3. The predicted molar refractivity (Wildman–Crippen MR) is 107 cm³/mol. The van der Waals surface area contributed by atoms with Crippen LogP contribution in [0.3, 0.4) is 0 Å². The lowest BCUT2D eigenvalue weighted by Crippen LogP contribution is -2.13. The van der Waals surface area contributed by atoms with Crippen molar-refractivity contribution >= 4 is 34.8 Å². The Labute approximate surface area is 162 Å². The summed E-state index contributed by atoms with van der Waals surface area (Å²) in [6.07, 6.45) is 1.57. The number of benzene rings is 2. The van der Waals surface area contributed by atoms with Crippen molar-refractivity contribution in [2.75, 3.05) is 10.6 Å². The van der Waals surface area contributed by atoms with E-state index in [1.165, 1.54) is 6.92 Å². The number of amides is 1. The summed E-state index contributed by atoms with van der Waals surface area (Å²) in [6.45, 7) is 2.05. The highest BCUT2D eigenvalue weighted by Gasteiger charge is 2.09. The number of rotatable bonds is 6. The monoisotopic (exact) mass is 379 g/mol. The van der Waals surface area contributed by atoms with Crippen molar-refractivity contribution in [3.63, 3.8) is 0 Å². The standard InChI is InChI=1S/C21H18ClN3O2/c1-14(26)16-3-2-4-19(11-16)25-21(27)17-9-10-23-20(12-17)24-13-15-5-7-18(22)8-6-15/h2-12H,13H2,1H3,(H,23,24)(H,25,27). The van der Waals surface area contributed by atoms with Crippen molar-refractivity contribution in [3.05, 3.63) is 88.6 Å². The van der Waals surface area contributed by atoms with E-state index in [1.807, 2.05) is 24.3 Å². The number of ketones is 1. The number of pyridine rings is 1. The molecule has 0 aliphatic heterocycles.